The average Bonchev–Trinajstić information content (AvgIpc) is 3.13. The number of carboxylic acid groups (broad SMARTS) is 1. The lowest BCUT2D eigenvalue weighted by Crippen LogP contribution is -2.34. The lowest BCUT2D eigenvalue weighted by molar-refractivity contribution is -0.142. The first-order chi connectivity index (χ1) is 8.49. The van der Waals surface area contributed by atoms with Gasteiger partial charge in [-0.1, -0.05) is 18.2 Å². The van der Waals surface area contributed by atoms with E-state index in [0.717, 1.165) is 24.0 Å². The van der Waals surface area contributed by atoms with Crippen molar-refractivity contribution in [1.29, 1.82) is 0 Å². The molecule has 0 heterocycles. The molecule has 18 heavy (non-hydrogen) atoms. The molecule has 1 unspecified atom stereocenters. The SMILES string of the molecule is Cc1ccc(C(NC(=O)C2CC2)C(=O)O)cc1C. The van der Waals surface area contributed by atoms with Crippen LogP contribution in [0.4, 0.5) is 0 Å². The van der Waals surface area contributed by atoms with Crippen molar-refractivity contribution in [1.82, 2.24) is 5.32 Å². The van der Waals surface area contributed by atoms with E-state index in [1.54, 1.807) is 6.07 Å². The number of rotatable bonds is 4. The van der Waals surface area contributed by atoms with Crippen molar-refractivity contribution in [2.24, 2.45) is 5.92 Å². The van der Waals surface area contributed by atoms with Gasteiger partial charge in [0.05, 0.1) is 0 Å². The minimum Gasteiger partial charge on any atom is -0.479 e. The van der Waals surface area contributed by atoms with E-state index in [1.165, 1.54) is 0 Å². The summed E-state index contributed by atoms with van der Waals surface area (Å²) < 4.78 is 0. The van der Waals surface area contributed by atoms with Crippen molar-refractivity contribution in [3.63, 3.8) is 0 Å². The van der Waals surface area contributed by atoms with E-state index < -0.39 is 12.0 Å². The Morgan fingerprint density at radius 3 is 2.44 bits per heavy atom. The molecule has 1 saturated carbocycles. The van der Waals surface area contributed by atoms with E-state index in [9.17, 15) is 14.7 Å². The molecule has 1 aromatic carbocycles. The van der Waals surface area contributed by atoms with Gasteiger partial charge < -0.3 is 10.4 Å². The lowest BCUT2D eigenvalue weighted by Gasteiger charge is -2.16. The Balaban J connectivity index is 2.20. The van der Waals surface area contributed by atoms with Gasteiger partial charge in [0.1, 0.15) is 0 Å². The maximum atomic E-state index is 11.7. The van der Waals surface area contributed by atoms with Crippen molar-refractivity contribution < 1.29 is 14.7 Å². The van der Waals surface area contributed by atoms with E-state index >= 15 is 0 Å². The van der Waals surface area contributed by atoms with Crippen LogP contribution in [0.25, 0.3) is 0 Å². The maximum absolute atomic E-state index is 11.7. The minimum atomic E-state index is -1.02. The molecule has 0 aliphatic heterocycles. The summed E-state index contributed by atoms with van der Waals surface area (Å²) >= 11 is 0. The van der Waals surface area contributed by atoms with Gasteiger partial charge in [-0.15, -0.1) is 0 Å². The Labute approximate surface area is 106 Å². The molecular formula is C14H17NO3. The standard InChI is InChI=1S/C14H17NO3/c1-8-3-4-11(7-9(8)2)12(14(17)18)15-13(16)10-5-6-10/h3-4,7,10,12H,5-6H2,1-2H3,(H,15,16)(H,17,18). The highest BCUT2D eigenvalue weighted by Gasteiger charge is 2.33. The first-order valence-corrected chi connectivity index (χ1v) is 6.09. The average molecular weight is 247 g/mol. The Bertz CT molecular complexity index is 492. The second-order valence-electron chi connectivity index (χ2n) is 4.90. The van der Waals surface area contributed by atoms with Crippen LogP contribution >= 0.6 is 0 Å². The molecule has 0 bridgehead atoms. The van der Waals surface area contributed by atoms with Gasteiger partial charge in [0.2, 0.25) is 5.91 Å². The van der Waals surface area contributed by atoms with Crippen LogP contribution in [0.2, 0.25) is 0 Å². The van der Waals surface area contributed by atoms with Gasteiger partial charge in [0, 0.05) is 5.92 Å². The topological polar surface area (TPSA) is 66.4 Å². The summed E-state index contributed by atoms with van der Waals surface area (Å²) in [5.74, 6) is -1.16. The quantitative estimate of drug-likeness (QED) is 0.854. The molecule has 0 spiro atoms. The molecule has 0 saturated heterocycles. The molecule has 1 fully saturated rings. The van der Waals surface area contributed by atoms with Crippen LogP contribution in [-0.4, -0.2) is 17.0 Å². The Morgan fingerprint density at radius 1 is 1.28 bits per heavy atom. The van der Waals surface area contributed by atoms with Crippen molar-refractivity contribution in [2.75, 3.05) is 0 Å². The third-order valence-corrected chi connectivity index (χ3v) is 3.35. The molecule has 96 valence electrons. The van der Waals surface area contributed by atoms with Crippen LogP contribution in [0.15, 0.2) is 18.2 Å². The molecular weight excluding hydrogens is 230 g/mol. The summed E-state index contributed by atoms with van der Waals surface area (Å²) in [7, 11) is 0. The fraction of sp³-hybridized carbons (Fsp3) is 0.429. The molecule has 0 aromatic heterocycles. The first-order valence-electron chi connectivity index (χ1n) is 6.09. The number of carbonyl (C=O) groups excluding carboxylic acids is 1. The fourth-order valence-corrected chi connectivity index (χ4v) is 1.84. The van der Waals surface area contributed by atoms with Crippen LogP contribution in [0.5, 0.6) is 0 Å². The first kappa shape index (κ1) is 12.6. The largest absolute Gasteiger partial charge is 0.479 e. The zero-order valence-corrected chi connectivity index (χ0v) is 10.6. The normalized spacial score (nSPS) is 16.1. The summed E-state index contributed by atoms with van der Waals surface area (Å²) in [6.45, 7) is 3.90. The zero-order valence-electron chi connectivity index (χ0n) is 10.6. The number of aryl methyl sites for hydroxylation is 2. The van der Waals surface area contributed by atoms with E-state index in [4.69, 9.17) is 0 Å². The Morgan fingerprint density at radius 2 is 1.94 bits per heavy atom. The van der Waals surface area contributed by atoms with Crippen molar-refractivity contribution in [3.05, 3.63) is 34.9 Å². The van der Waals surface area contributed by atoms with E-state index in [0.29, 0.717) is 5.56 Å². The van der Waals surface area contributed by atoms with Gasteiger partial charge in [0.25, 0.3) is 0 Å². The Kier molecular flexibility index (Phi) is 3.36. The highest BCUT2D eigenvalue weighted by molar-refractivity contribution is 5.87. The third-order valence-electron chi connectivity index (χ3n) is 3.35. The van der Waals surface area contributed by atoms with Crippen LogP contribution in [0.3, 0.4) is 0 Å². The predicted molar refractivity (Wildman–Crippen MR) is 67.2 cm³/mol. The van der Waals surface area contributed by atoms with Gasteiger partial charge in [-0.2, -0.15) is 0 Å². The van der Waals surface area contributed by atoms with Crippen LogP contribution in [0.1, 0.15) is 35.6 Å². The molecule has 0 radical (unpaired) electrons. The number of benzene rings is 1. The van der Waals surface area contributed by atoms with Crippen LogP contribution in [0, 0.1) is 19.8 Å². The summed E-state index contributed by atoms with van der Waals surface area (Å²) in [4.78, 5) is 22.9. The monoisotopic (exact) mass is 247 g/mol. The number of carboxylic acids is 1. The van der Waals surface area contributed by atoms with Crippen molar-refractivity contribution in [2.45, 2.75) is 32.7 Å². The van der Waals surface area contributed by atoms with Gasteiger partial charge in [0.15, 0.2) is 6.04 Å². The minimum absolute atomic E-state index is 0.0124. The predicted octanol–water partition coefficient (Wildman–Crippen LogP) is 1.96. The molecule has 4 heteroatoms. The van der Waals surface area contributed by atoms with Gasteiger partial charge in [-0.05, 0) is 43.4 Å². The molecule has 1 atom stereocenters. The van der Waals surface area contributed by atoms with Gasteiger partial charge >= 0.3 is 5.97 Å². The highest BCUT2D eigenvalue weighted by Crippen LogP contribution is 2.30. The lowest BCUT2D eigenvalue weighted by atomic mass is 10.0. The van der Waals surface area contributed by atoms with Crippen molar-refractivity contribution in [3.8, 4) is 0 Å². The summed E-state index contributed by atoms with van der Waals surface area (Å²) in [6.07, 6.45) is 1.73. The molecule has 1 aliphatic rings. The maximum Gasteiger partial charge on any atom is 0.330 e. The fourth-order valence-electron chi connectivity index (χ4n) is 1.84. The summed E-state index contributed by atoms with van der Waals surface area (Å²) in [5, 5.41) is 11.8. The molecule has 1 amide bonds. The van der Waals surface area contributed by atoms with Crippen LogP contribution < -0.4 is 5.32 Å². The number of hydrogen-bond donors (Lipinski definition) is 2. The molecule has 4 nitrogen and oxygen atoms in total. The van der Waals surface area contributed by atoms with Gasteiger partial charge in [-0.25, -0.2) is 4.79 Å². The zero-order chi connectivity index (χ0) is 13.3. The number of amides is 1. The Hall–Kier alpha value is -1.84. The van der Waals surface area contributed by atoms with E-state index in [2.05, 4.69) is 5.32 Å². The second-order valence-corrected chi connectivity index (χ2v) is 4.90. The number of carbonyl (C=O) groups is 2. The summed E-state index contributed by atoms with van der Waals surface area (Å²) in [6, 6.07) is 4.51. The molecule has 2 rings (SSSR count). The number of aliphatic carboxylic acids is 1. The molecule has 2 N–H and O–H groups in total. The van der Waals surface area contributed by atoms with Crippen molar-refractivity contribution >= 4 is 11.9 Å². The van der Waals surface area contributed by atoms with E-state index in [1.807, 2.05) is 26.0 Å². The number of nitrogens with one attached hydrogen (secondary N) is 1. The number of hydrogen-bond acceptors (Lipinski definition) is 2. The van der Waals surface area contributed by atoms with Gasteiger partial charge in [-0.3, -0.25) is 4.79 Å². The highest BCUT2D eigenvalue weighted by atomic mass is 16.4. The second kappa shape index (κ2) is 4.80. The third kappa shape index (κ3) is 2.70. The summed E-state index contributed by atoms with van der Waals surface area (Å²) in [5.41, 5.74) is 2.76. The molecule has 1 aliphatic carbocycles. The smallest absolute Gasteiger partial charge is 0.330 e. The van der Waals surface area contributed by atoms with E-state index in [-0.39, 0.29) is 11.8 Å². The molecule has 1 aromatic rings. The van der Waals surface area contributed by atoms with Crippen LogP contribution in [-0.2, 0) is 9.59 Å².